The predicted molar refractivity (Wildman–Crippen MR) is 69.6 cm³/mol. The van der Waals surface area contributed by atoms with Gasteiger partial charge in [-0.2, -0.15) is 5.10 Å². The summed E-state index contributed by atoms with van der Waals surface area (Å²) in [5.41, 5.74) is -0.132. The van der Waals surface area contributed by atoms with E-state index in [1.807, 2.05) is 13.8 Å². The van der Waals surface area contributed by atoms with Crippen molar-refractivity contribution in [2.45, 2.75) is 19.9 Å². The summed E-state index contributed by atoms with van der Waals surface area (Å²) in [4.78, 5) is 26.4. The Hall–Kier alpha value is -2.22. The molecule has 2 aromatic heterocycles. The number of thiazole rings is 1. The van der Waals surface area contributed by atoms with Crippen LogP contribution >= 0.6 is 11.3 Å². The van der Waals surface area contributed by atoms with Crippen molar-refractivity contribution < 1.29 is 14.7 Å². The van der Waals surface area contributed by atoms with Crippen molar-refractivity contribution in [1.82, 2.24) is 14.8 Å². The van der Waals surface area contributed by atoms with Gasteiger partial charge in [0, 0.05) is 17.5 Å². The maximum Gasteiger partial charge on any atom is 0.355 e. The molecule has 2 N–H and O–H groups in total. The number of carboxylic acid groups (broad SMARTS) is 1. The molecule has 0 aliphatic heterocycles. The van der Waals surface area contributed by atoms with Crippen molar-refractivity contribution in [1.29, 1.82) is 0 Å². The first-order chi connectivity index (χ1) is 8.99. The van der Waals surface area contributed by atoms with Crippen molar-refractivity contribution in [3.63, 3.8) is 0 Å². The Morgan fingerprint density at radius 1 is 1.47 bits per heavy atom. The lowest BCUT2D eigenvalue weighted by Gasteiger charge is -2.10. The molecule has 0 radical (unpaired) electrons. The van der Waals surface area contributed by atoms with Gasteiger partial charge in [0.1, 0.15) is 5.82 Å². The van der Waals surface area contributed by atoms with Crippen molar-refractivity contribution in [2.75, 3.05) is 5.32 Å². The minimum absolute atomic E-state index is 0.105. The zero-order valence-corrected chi connectivity index (χ0v) is 11.1. The third-order valence-corrected chi connectivity index (χ3v) is 3.16. The lowest BCUT2D eigenvalue weighted by atomic mass is 10.4. The molecule has 2 rings (SSSR count). The first-order valence-corrected chi connectivity index (χ1v) is 6.40. The van der Waals surface area contributed by atoms with Gasteiger partial charge in [-0.1, -0.05) is 0 Å². The van der Waals surface area contributed by atoms with Gasteiger partial charge in [-0.15, -0.1) is 11.3 Å². The first kappa shape index (κ1) is 13.2. The van der Waals surface area contributed by atoms with E-state index in [-0.39, 0.29) is 16.7 Å². The Morgan fingerprint density at radius 2 is 2.21 bits per heavy atom. The molecule has 1 amide bonds. The second kappa shape index (κ2) is 5.19. The van der Waals surface area contributed by atoms with Gasteiger partial charge in [-0.25, -0.2) is 14.5 Å². The Kier molecular flexibility index (Phi) is 3.61. The van der Waals surface area contributed by atoms with E-state index in [0.717, 1.165) is 11.3 Å². The molecule has 100 valence electrons. The zero-order valence-electron chi connectivity index (χ0n) is 10.3. The van der Waals surface area contributed by atoms with E-state index in [2.05, 4.69) is 15.4 Å². The zero-order chi connectivity index (χ0) is 14.0. The minimum atomic E-state index is -1.15. The van der Waals surface area contributed by atoms with Crippen LogP contribution in [-0.2, 0) is 0 Å². The van der Waals surface area contributed by atoms with Crippen molar-refractivity contribution in [3.8, 4) is 0 Å². The highest BCUT2D eigenvalue weighted by Crippen LogP contribution is 2.16. The molecule has 0 aliphatic carbocycles. The summed E-state index contributed by atoms with van der Waals surface area (Å²) in [6.07, 6.45) is 1.58. The molecule has 19 heavy (non-hydrogen) atoms. The smallest absolute Gasteiger partial charge is 0.355 e. The second-order valence-corrected chi connectivity index (χ2v) is 4.91. The highest BCUT2D eigenvalue weighted by molar-refractivity contribution is 7.12. The van der Waals surface area contributed by atoms with E-state index >= 15 is 0 Å². The molecule has 2 aromatic rings. The number of rotatable bonds is 4. The number of hydrogen-bond acceptors (Lipinski definition) is 5. The summed E-state index contributed by atoms with van der Waals surface area (Å²) in [6, 6.07) is 1.78. The largest absolute Gasteiger partial charge is 0.476 e. The fraction of sp³-hybridized carbons (Fsp3) is 0.273. The number of nitrogens with zero attached hydrogens (tertiary/aromatic N) is 3. The Bertz CT molecular complexity index is 617. The molecule has 8 heteroatoms. The molecular weight excluding hydrogens is 268 g/mol. The molecule has 0 fully saturated rings. The van der Waals surface area contributed by atoms with E-state index in [1.165, 1.54) is 5.38 Å². The van der Waals surface area contributed by atoms with Crippen molar-refractivity contribution >= 4 is 29.0 Å². The van der Waals surface area contributed by atoms with Crippen molar-refractivity contribution in [3.05, 3.63) is 28.3 Å². The molecule has 0 saturated heterocycles. The number of carbonyl (C=O) groups excluding carboxylic acids is 1. The monoisotopic (exact) mass is 280 g/mol. The van der Waals surface area contributed by atoms with E-state index in [9.17, 15) is 9.59 Å². The van der Waals surface area contributed by atoms with E-state index in [0.29, 0.717) is 5.82 Å². The van der Waals surface area contributed by atoms with Gasteiger partial charge in [0.25, 0.3) is 5.91 Å². The van der Waals surface area contributed by atoms with Crippen LogP contribution in [0, 0.1) is 0 Å². The molecule has 0 spiro atoms. The Balaban J connectivity index is 2.16. The lowest BCUT2D eigenvalue weighted by molar-refractivity contribution is 0.0691. The Labute approximate surface area is 112 Å². The van der Waals surface area contributed by atoms with Crippen LogP contribution in [-0.4, -0.2) is 31.7 Å². The molecule has 0 unspecified atom stereocenters. The summed E-state index contributed by atoms with van der Waals surface area (Å²) in [7, 11) is 0. The van der Waals surface area contributed by atoms with Gasteiger partial charge in [0.15, 0.2) is 10.7 Å². The Morgan fingerprint density at radius 3 is 2.79 bits per heavy atom. The lowest BCUT2D eigenvalue weighted by Crippen LogP contribution is -2.16. The van der Waals surface area contributed by atoms with Crippen molar-refractivity contribution in [2.24, 2.45) is 0 Å². The van der Waals surface area contributed by atoms with E-state index < -0.39 is 11.9 Å². The number of anilines is 1. The average molecular weight is 280 g/mol. The molecule has 0 saturated carbocycles. The third-order valence-electron chi connectivity index (χ3n) is 2.32. The number of nitrogens with one attached hydrogen (secondary N) is 1. The fourth-order valence-corrected chi connectivity index (χ4v) is 2.16. The maximum absolute atomic E-state index is 11.9. The van der Waals surface area contributed by atoms with Crippen LogP contribution in [0.4, 0.5) is 5.82 Å². The highest BCUT2D eigenvalue weighted by atomic mass is 32.1. The number of carboxylic acids is 1. The van der Waals surface area contributed by atoms with Gasteiger partial charge in [-0.3, -0.25) is 4.79 Å². The van der Waals surface area contributed by atoms with Gasteiger partial charge in [-0.05, 0) is 13.8 Å². The normalized spacial score (nSPS) is 10.7. The minimum Gasteiger partial charge on any atom is -0.476 e. The van der Waals surface area contributed by atoms with Crippen LogP contribution in [0.5, 0.6) is 0 Å². The summed E-state index contributed by atoms with van der Waals surface area (Å²) >= 11 is 0.988. The quantitative estimate of drug-likeness (QED) is 0.891. The number of amides is 1. The molecule has 0 aromatic carbocycles. The summed E-state index contributed by atoms with van der Waals surface area (Å²) in [5, 5.41) is 16.9. The van der Waals surface area contributed by atoms with Crippen LogP contribution in [0.3, 0.4) is 0 Å². The van der Waals surface area contributed by atoms with Crippen LogP contribution in [0.15, 0.2) is 17.6 Å². The van der Waals surface area contributed by atoms with Gasteiger partial charge in [0.05, 0.1) is 6.20 Å². The fourth-order valence-electron chi connectivity index (χ4n) is 1.47. The first-order valence-electron chi connectivity index (χ1n) is 5.52. The van der Waals surface area contributed by atoms with Crippen LogP contribution in [0.25, 0.3) is 0 Å². The number of hydrogen-bond donors (Lipinski definition) is 2. The molecule has 0 bridgehead atoms. The third kappa shape index (κ3) is 2.79. The van der Waals surface area contributed by atoms with E-state index in [1.54, 1.807) is 16.9 Å². The van der Waals surface area contributed by atoms with Crippen LogP contribution in [0.2, 0.25) is 0 Å². The van der Waals surface area contributed by atoms with E-state index in [4.69, 9.17) is 5.11 Å². The number of carbonyl (C=O) groups is 2. The summed E-state index contributed by atoms with van der Waals surface area (Å²) in [6.45, 7) is 3.88. The molecule has 0 aliphatic rings. The van der Waals surface area contributed by atoms with Crippen LogP contribution in [0.1, 0.15) is 40.2 Å². The molecule has 2 heterocycles. The van der Waals surface area contributed by atoms with Gasteiger partial charge < -0.3 is 10.4 Å². The van der Waals surface area contributed by atoms with Crippen LogP contribution < -0.4 is 5.32 Å². The topological polar surface area (TPSA) is 97.1 Å². The second-order valence-electron chi connectivity index (χ2n) is 4.05. The SMILES string of the molecule is CC(C)n1nccc1NC(=O)c1nc(C(=O)O)cs1. The standard InChI is InChI=1S/C11H12N4O3S/c1-6(2)15-8(3-4-12-15)14-9(16)10-13-7(5-19-10)11(17)18/h3-6H,1-2H3,(H,14,16)(H,17,18). The molecule has 0 atom stereocenters. The predicted octanol–water partition coefficient (Wildman–Crippen LogP) is 1.87. The molecule has 7 nitrogen and oxygen atoms in total. The highest BCUT2D eigenvalue weighted by Gasteiger charge is 2.16. The van der Waals surface area contributed by atoms with Gasteiger partial charge >= 0.3 is 5.97 Å². The summed E-state index contributed by atoms with van der Waals surface area (Å²) < 4.78 is 1.66. The maximum atomic E-state index is 11.9. The summed E-state index contributed by atoms with van der Waals surface area (Å²) in [5.74, 6) is -1.05. The number of aromatic carboxylic acids is 1. The van der Waals surface area contributed by atoms with Gasteiger partial charge in [0.2, 0.25) is 0 Å². The average Bonchev–Trinajstić information content (AvgIpc) is 2.96. The number of aromatic nitrogens is 3. The molecular formula is C11H12N4O3S.